The number of Topliss-reactive ketones (excluding diaryl/α,β-unsaturated/α-hetero) is 1. The third-order valence-corrected chi connectivity index (χ3v) is 8.19. The van der Waals surface area contributed by atoms with Gasteiger partial charge in [-0.25, -0.2) is 9.69 Å². The summed E-state index contributed by atoms with van der Waals surface area (Å²) in [6, 6.07) is 11.8. The smallest absolute Gasteiger partial charge is 0.340 e. The summed E-state index contributed by atoms with van der Waals surface area (Å²) in [5.74, 6) is -0.968. The number of amides is 2. The van der Waals surface area contributed by atoms with Gasteiger partial charge in [0.05, 0.1) is 23.1 Å². The summed E-state index contributed by atoms with van der Waals surface area (Å²) >= 11 is 0. The van der Waals surface area contributed by atoms with Crippen LogP contribution in [-0.4, -0.2) is 30.2 Å². The van der Waals surface area contributed by atoms with E-state index in [4.69, 9.17) is 4.74 Å². The molecule has 1 saturated heterocycles. The van der Waals surface area contributed by atoms with E-state index in [0.29, 0.717) is 17.4 Å². The summed E-state index contributed by atoms with van der Waals surface area (Å²) in [6.45, 7) is 3.46. The van der Waals surface area contributed by atoms with Crippen LogP contribution in [0.15, 0.2) is 54.6 Å². The van der Waals surface area contributed by atoms with Crippen molar-refractivity contribution in [2.24, 2.45) is 35.5 Å². The number of rotatable bonds is 5. The molecule has 4 aliphatic carbocycles. The Hall–Kier alpha value is -3.54. The Morgan fingerprint density at radius 3 is 2.21 bits per heavy atom. The van der Waals surface area contributed by atoms with Crippen LogP contribution < -0.4 is 4.90 Å². The molecular weight excluding hydrogens is 430 g/mol. The predicted molar refractivity (Wildman–Crippen MR) is 124 cm³/mol. The number of hydrogen-bond donors (Lipinski definition) is 0. The maximum absolute atomic E-state index is 13.5. The second-order valence-electron chi connectivity index (χ2n) is 9.98. The number of carbonyl (C=O) groups is 4. The topological polar surface area (TPSA) is 80.8 Å². The first-order valence-electron chi connectivity index (χ1n) is 11.8. The lowest BCUT2D eigenvalue weighted by molar-refractivity contribution is -0.124. The highest BCUT2D eigenvalue weighted by molar-refractivity contribution is 6.24. The molecule has 6 nitrogen and oxygen atoms in total. The van der Waals surface area contributed by atoms with E-state index in [1.165, 1.54) is 11.0 Å². The van der Waals surface area contributed by atoms with Crippen molar-refractivity contribution in [1.82, 2.24) is 0 Å². The third kappa shape index (κ3) is 3.01. The van der Waals surface area contributed by atoms with Gasteiger partial charge in [0, 0.05) is 5.56 Å². The third-order valence-electron chi connectivity index (χ3n) is 8.19. The molecule has 172 valence electrons. The van der Waals surface area contributed by atoms with Gasteiger partial charge in [-0.1, -0.05) is 36.4 Å². The van der Waals surface area contributed by atoms with E-state index in [-0.39, 0.29) is 52.5 Å². The van der Waals surface area contributed by atoms with Crippen LogP contribution in [-0.2, 0) is 14.3 Å². The first-order valence-corrected chi connectivity index (χ1v) is 11.8. The normalized spacial score (nSPS) is 30.2. The number of ether oxygens (including phenoxy) is 1. The minimum atomic E-state index is -0.729. The molecule has 2 amide bonds. The summed E-state index contributed by atoms with van der Waals surface area (Å²) in [5, 5.41) is 0. The number of carbonyl (C=O) groups excluding carboxylic acids is 4. The Balaban J connectivity index is 1.23. The molecule has 0 radical (unpaired) electrons. The van der Waals surface area contributed by atoms with E-state index in [9.17, 15) is 19.2 Å². The van der Waals surface area contributed by atoms with Crippen LogP contribution in [0, 0.1) is 49.4 Å². The number of hydrogen-bond acceptors (Lipinski definition) is 5. The summed E-state index contributed by atoms with van der Waals surface area (Å²) in [5.41, 5.74) is 2.88. The van der Waals surface area contributed by atoms with Gasteiger partial charge < -0.3 is 4.74 Å². The lowest BCUT2D eigenvalue weighted by Crippen LogP contribution is -2.40. The Kier molecular flexibility index (Phi) is 4.63. The van der Waals surface area contributed by atoms with Crippen LogP contribution in [0.25, 0.3) is 0 Å². The highest BCUT2D eigenvalue weighted by Crippen LogP contribution is 2.65. The maximum atomic E-state index is 13.5. The number of esters is 1. The van der Waals surface area contributed by atoms with Crippen molar-refractivity contribution in [3.63, 3.8) is 0 Å². The van der Waals surface area contributed by atoms with Crippen LogP contribution in [0.4, 0.5) is 5.69 Å². The molecule has 2 aromatic carbocycles. The van der Waals surface area contributed by atoms with E-state index in [1.807, 2.05) is 19.9 Å². The van der Waals surface area contributed by atoms with Gasteiger partial charge in [-0.05, 0) is 73.3 Å². The highest BCUT2D eigenvalue weighted by Gasteiger charge is 2.67. The van der Waals surface area contributed by atoms with Gasteiger partial charge in [0.2, 0.25) is 11.8 Å². The van der Waals surface area contributed by atoms with Crippen LogP contribution in [0.2, 0.25) is 0 Å². The first-order chi connectivity index (χ1) is 16.4. The van der Waals surface area contributed by atoms with E-state index >= 15 is 0 Å². The van der Waals surface area contributed by atoms with Crippen molar-refractivity contribution in [2.75, 3.05) is 11.5 Å². The average molecular weight is 456 g/mol. The van der Waals surface area contributed by atoms with Gasteiger partial charge in [-0.2, -0.15) is 0 Å². The molecule has 0 spiro atoms. The van der Waals surface area contributed by atoms with Gasteiger partial charge in [0.15, 0.2) is 12.4 Å². The van der Waals surface area contributed by atoms with E-state index in [2.05, 4.69) is 12.2 Å². The fourth-order valence-electron chi connectivity index (χ4n) is 6.24. The van der Waals surface area contributed by atoms with E-state index in [0.717, 1.165) is 17.5 Å². The van der Waals surface area contributed by atoms with Gasteiger partial charge in [-0.15, -0.1) is 0 Å². The second kappa shape index (κ2) is 7.49. The molecule has 1 heterocycles. The minimum Gasteiger partial charge on any atom is -0.454 e. The lowest BCUT2D eigenvalue weighted by Gasteiger charge is -2.37. The maximum Gasteiger partial charge on any atom is 0.340 e. The molecular formula is C28H25NO5. The predicted octanol–water partition coefficient (Wildman–Crippen LogP) is 3.90. The van der Waals surface area contributed by atoms with Crippen molar-refractivity contribution >= 4 is 29.3 Å². The zero-order chi connectivity index (χ0) is 23.7. The molecule has 7 rings (SSSR count). The molecule has 0 N–H and O–H groups in total. The molecule has 0 aromatic heterocycles. The first kappa shape index (κ1) is 21.0. The number of ketones is 1. The Bertz CT molecular complexity index is 1260. The molecule has 1 aliphatic heterocycles. The standard InChI is InChI=1S/C28H25NO5/c1-14-7-8-16(11-15(14)2)23(30)13-34-28(33)19-5-3-4-6-22(19)29-26(31)24-17-9-10-18(21-12-20(17)21)25(24)27(29)32/h3-11,17-18,20-21,24-25H,12-13H2,1-2H3/t17-,18-,20-,21+,24-,25+/m0/s1. The fourth-order valence-corrected chi connectivity index (χ4v) is 6.24. The molecule has 34 heavy (non-hydrogen) atoms. The zero-order valence-electron chi connectivity index (χ0n) is 19.1. The molecule has 2 saturated carbocycles. The van der Waals surface area contributed by atoms with Crippen molar-refractivity contribution in [3.05, 3.63) is 76.9 Å². The minimum absolute atomic E-state index is 0.108. The Morgan fingerprint density at radius 1 is 0.912 bits per heavy atom. The summed E-state index contributed by atoms with van der Waals surface area (Å²) in [7, 11) is 0. The van der Waals surface area contributed by atoms with Crippen LogP contribution >= 0.6 is 0 Å². The SMILES string of the molecule is Cc1ccc(C(=O)COC(=O)c2ccccc2N2C(=O)[C@@H]3[C@H]4C=C[C@@H]([C@@H]5C[C@H]45)[C@@H]3C2=O)cc1C. The molecule has 0 unspecified atom stereocenters. The Labute approximate surface area is 197 Å². The fraction of sp³-hybridized carbons (Fsp3) is 0.357. The van der Waals surface area contributed by atoms with Gasteiger partial charge in [0.1, 0.15) is 0 Å². The molecule has 5 aliphatic rings. The Morgan fingerprint density at radius 2 is 1.56 bits per heavy atom. The second-order valence-corrected chi connectivity index (χ2v) is 9.98. The number of imide groups is 1. The van der Waals surface area contributed by atoms with Gasteiger partial charge >= 0.3 is 5.97 Å². The highest BCUT2D eigenvalue weighted by atomic mass is 16.5. The number of allylic oxidation sites excluding steroid dienone is 2. The molecule has 3 fully saturated rings. The van der Waals surface area contributed by atoms with Crippen molar-refractivity contribution < 1.29 is 23.9 Å². The zero-order valence-corrected chi connectivity index (χ0v) is 19.1. The van der Waals surface area contributed by atoms with Crippen molar-refractivity contribution in [2.45, 2.75) is 20.3 Å². The van der Waals surface area contributed by atoms with Crippen molar-refractivity contribution in [1.29, 1.82) is 0 Å². The molecule has 6 heteroatoms. The lowest BCUT2D eigenvalue weighted by atomic mass is 9.63. The van der Waals surface area contributed by atoms with Gasteiger partial charge in [0.25, 0.3) is 0 Å². The van der Waals surface area contributed by atoms with Gasteiger partial charge in [-0.3, -0.25) is 14.4 Å². The average Bonchev–Trinajstić information content (AvgIpc) is 3.62. The number of para-hydroxylation sites is 1. The number of nitrogens with zero attached hydrogens (tertiary/aromatic N) is 1. The van der Waals surface area contributed by atoms with Crippen molar-refractivity contribution in [3.8, 4) is 0 Å². The quantitative estimate of drug-likeness (QED) is 0.296. The van der Waals surface area contributed by atoms with E-state index in [1.54, 1.807) is 30.3 Å². The number of anilines is 1. The number of benzene rings is 2. The monoisotopic (exact) mass is 455 g/mol. The largest absolute Gasteiger partial charge is 0.454 e. The van der Waals surface area contributed by atoms with Crippen LogP contribution in [0.3, 0.4) is 0 Å². The number of aryl methyl sites for hydroxylation is 2. The molecule has 2 bridgehead atoms. The molecule has 2 aromatic rings. The summed E-state index contributed by atoms with van der Waals surface area (Å²) < 4.78 is 5.33. The van der Waals surface area contributed by atoms with Crippen LogP contribution in [0.1, 0.15) is 38.3 Å². The summed E-state index contributed by atoms with van der Waals surface area (Å²) in [6.07, 6.45) is 5.33. The molecule has 6 atom stereocenters. The summed E-state index contributed by atoms with van der Waals surface area (Å²) in [4.78, 5) is 53.6. The van der Waals surface area contributed by atoms with Crippen LogP contribution in [0.5, 0.6) is 0 Å². The van der Waals surface area contributed by atoms with E-state index < -0.39 is 12.6 Å².